The lowest BCUT2D eigenvalue weighted by molar-refractivity contribution is 0.0895. The number of nitrogen functional groups attached to an aromatic ring is 1. The van der Waals surface area contributed by atoms with Crippen LogP contribution in [0.3, 0.4) is 0 Å². The molecule has 0 aromatic carbocycles. The third-order valence-electron chi connectivity index (χ3n) is 3.26. The number of carbonyl (C=O) groups is 1. The van der Waals surface area contributed by atoms with Gasteiger partial charge in [-0.15, -0.1) is 16.4 Å². The van der Waals surface area contributed by atoms with E-state index in [0.717, 1.165) is 11.8 Å². The van der Waals surface area contributed by atoms with Crippen molar-refractivity contribution in [2.45, 2.75) is 18.9 Å². The van der Waals surface area contributed by atoms with Crippen LogP contribution in [-0.2, 0) is 4.74 Å². The maximum absolute atomic E-state index is 12.3. The van der Waals surface area contributed by atoms with Crippen molar-refractivity contribution in [1.29, 1.82) is 0 Å². The highest BCUT2D eigenvalue weighted by atomic mass is 32.1. The second kappa shape index (κ2) is 4.43. The zero-order chi connectivity index (χ0) is 13.5. The zero-order valence-corrected chi connectivity index (χ0v) is 11.3. The molecule has 3 heterocycles. The van der Waals surface area contributed by atoms with E-state index in [1.807, 2.05) is 6.92 Å². The number of rotatable bonds is 2. The minimum atomic E-state index is -0.314. The van der Waals surface area contributed by atoms with Crippen LogP contribution < -0.4 is 11.1 Å². The Morgan fingerprint density at radius 2 is 2.47 bits per heavy atom. The lowest BCUT2D eigenvalue weighted by Gasteiger charge is -2.23. The number of aromatic nitrogens is 2. The molecule has 1 aliphatic rings. The normalized spacial score (nSPS) is 22.8. The van der Waals surface area contributed by atoms with Gasteiger partial charge in [0.1, 0.15) is 9.71 Å². The van der Waals surface area contributed by atoms with Gasteiger partial charge >= 0.3 is 0 Å². The topological polar surface area (TPSA) is 90.1 Å². The van der Waals surface area contributed by atoms with Crippen molar-refractivity contribution in [1.82, 2.24) is 15.5 Å². The van der Waals surface area contributed by atoms with Crippen LogP contribution in [0.1, 0.15) is 23.0 Å². The molecule has 0 aliphatic carbocycles. The molecule has 2 aromatic heterocycles. The highest BCUT2D eigenvalue weighted by Gasteiger charge is 2.32. The molecule has 1 atom stereocenters. The predicted octanol–water partition coefficient (Wildman–Crippen LogP) is 1.18. The summed E-state index contributed by atoms with van der Waals surface area (Å²) in [7, 11) is 0. The molecule has 0 spiro atoms. The quantitative estimate of drug-likeness (QED) is 0.861. The minimum Gasteiger partial charge on any atom is -0.397 e. The number of nitrogens with one attached hydrogen (secondary N) is 1. The largest absolute Gasteiger partial charge is 0.397 e. The Balaban J connectivity index is 1.91. The maximum atomic E-state index is 12.3. The average Bonchev–Trinajstić information content (AvgIpc) is 2.95. The van der Waals surface area contributed by atoms with Crippen LogP contribution in [-0.4, -0.2) is 34.9 Å². The number of thiophene rings is 1. The molecule has 3 N–H and O–H groups in total. The molecule has 0 saturated carbocycles. The molecular weight excluding hydrogens is 264 g/mol. The number of carbonyl (C=O) groups excluding carboxylic acids is 1. The molecule has 3 rings (SSSR count). The van der Waals surface area contributed by atoms with Gasteiger partial charge in [0, 0.05) is 12.0 Å². The van der Waals surface area contributed by atoms with Crippen molar-refractivity contribution in [3.8, 4) is 0 Å². The van der Waals surface area contributed by atoms with E-state index in [1.54, 1.807) is 12.3 Å². The van der Waals surface area contributed by atoms with E-state index in [2.05, 4.69) is 15.5 Å². The molecule has 1 amide bonds. The summed E-state index contributed by atoms with van der Waals surface area (Å²) in [5.74, 6) is -0.173. The number of ether oxygens (including phenoxy) is 1. The van der Waals surface area contributed by atoms with Crippen LogP contribution in [0.4, 0.5) is 5.69 Å². The minimum absolute atomic E-state index is 0.173. The van der Waals surface area contributed by atoms with Gasteiger partial charge in [0.25, 0.3) is 5.91 Å². The highest BCUT2D eigenvalue weighted by molar-refractivity contribution is 7.21. The first-order chi connectivity index (χ1) is 9.09. The standard InChI is InChI=1S/C12H14N4O2S/c1-12(3-5-18-6-12)15-10(17)9-8(13)7-2-4-14-16-11(7)19-9/h2,4H,3,5-6,13H2,1H3,(H,15,17). The van der Waals surface area contributed by atoms with Crippen LogP contribution in [0, 0.1) is 0 Å². The lowest BCUT2D eigenvalue weighted by Crippen LogP contribution is -2.46. The summed E-state index contributed by atoms with van der Waals surface area (Å²) in [5, 5.41) is 11.5. The second-order valence-electron chi connectivity index (χ2n) is 4.91. The molecular formula is C12H14N4O2S. The Kier molecular flexibility index (Phi) is 2.87. The smallest absolute Gasteiger partial charge is 0.264 e. The Labute approximate surface area is 114 Å². The monoisotopic (exact) mass is 278 g/mol. The first kappa shape index (κ1) is 12.3. The Bertz CT molecular complexity index is 634. The molecule has 19 heavy (non-hydrogen) atoms. The first-order valence-corrected chi connectivity index (χ1v) is 6.81. The second-order valence-corrected chi connectivity index (χ2v) is 5.91. The van der Waals surface area contributed by atoms with Gasteiger partial charge in [-0.1, -0.05) is 0 Å². The summed E-state index contributed by atoms with van der Waals surface area (Å²) in [6.07, 6.45) is 2.38. The van der Waals surface area contributed by atoms with Gasteiger partial charge in [-0.3, -0.25) is 4.79 Å². The van der Waals surface area contributed by atoms with Crippen molar-refractivity contribution in [2.75, 3.05) is 18.9 Å². The maximum Gasteiger partial charge on any atom is 0.264 e. The summed E-state index contributed by atoms with van der Waals surface area (Å²) in [6.45, 7) is 3.18. The fourth-order valence-corrected chi connectivity index (χ4v) is 3.07. The third-order valence-corrected chi connectivity index (χ3v) is 4.37. The van der Waals surface area contributed by atoms with Gasteiger partial charge in [0.05, 0.1) is 24.0 Å². The van der Waals surface area contributed by atoms with Crippen molar-refractivity contribution in [2.24, 2.45) is 0 Å². The molecule has 100 valence electrons. The number of anilines is 1. The van der Waals surface area contributed by atoms with Crippen LogP contribution in [0.5, 0.6) is 0 Å². The van der Waals surface area contributed by atoms with E-state index >= 15 is 0 Å². The van der Waals surface area contributed by atoms with Gasteiger partial charge in [-0.05, 0) is 19.4 Å². The van der Waals surface area contributed by atoms with Gasteiger partial charge in [-0.2, -0.15) is 5.10 Å². The number of fused-ring (bicyclic) bond motifs is 1. The predicted molar refractivity (Wildman–Crippen MR) is 73.1 cm³/mol. The summed E-state index contributed by atoms with van der Waals surface area (Å²) < 4.78 is 5.32. The number of amides is 1. The first-order valence-electron chi connectivity index (χ1n) is 5.99. The van der Waals surface area contributed by atoms with Gasteiger partial charge in [0.15, 0.2) is 0 Å². The number of nitrogens with zero attached hydrogens (tertiary/aromatic N) is 2. The molecule has 0 radical (unpaired) electrons. The summed E-state index contributed by atoms with van der Waals surface area (Å²) in [5.41, 5.74) is 6.16. The number of hydrogen-bond donors (Lipinski definition) is 2. The molecule has 1 fully saturated rings. The zero-order valence-electron chi connectivity index (χ0n) is 10.5. The Morgan fingerprint density at radius 1 is 1.63 bits per heavy atom. The summed E-state index contributed by atoms with van der Waals surface area (Å²) in [4.78, 5) is 13.5. The fourth-order valence-electron chi connectivity index (χ4n) is 2.14. The van der Waals surface area contributed by atoms with Crippen molar-refractivity contribution < 1.29 is 9.53 Å². The fraction of sp³-hybridized carbons (Fsp3) is 0.417. The van der Waals surface area contributed by atoms with Gasteiger partial charge < -0.3 is 15.8 Å². The van der Waals surface area contributed by atoms with Crippen LogP contribution in [0.2, 0.25) is 0 Å². The van der Waals surface area contributed by atoms with Crippen LogP contribution in [0.15, 0.2) is 12.3 Å². The molecule has 7 heteroatoms. The van der Waals surface area contributed by atoms with E-state index in [0.29, 0.717) is 28.6 Å². The molecule has 6 nitrogen and oxygen atoms in total. The molecule has 1 aliphatic heterocycles. The average molecular weight is 278 g/mol. The van der Waals surface area contributed by atoms with Crippen LogP contribution >= 0.6 is 11.3 Å². The van der Waals surface area contributed by atoms with Crippen molar-refractivity contribution in [3.63, 3.8) is 0 Å². The van der Waals surface area contributed by atoms with Crippen LogP contribution in [0.25, 0.3) is 10.2 Å². The molecule has 1 unspecified atom stereocenters. The summed E-state index contributed by atoms with van der Waals surface area (Å²) in [6, 6.07) is 1.77. The molecule has 0 bridgehead atoms. The lowest BCUT2D eigenvalue weighted by atomic mass is 10.0. The molecule has 2 aromatic rings. The van der Waals surface area contributed by atoms with E-state index in [9.17, 15) is 4.79 Å². The molecule has 1 saturated heterocycles. The van der Waals surface area contributed by atoms with Crippen molar-refractivity contribution >= 4 is 33.1 Å². The Hall–Kier alpha value is -1.73. The van der Waals surface area contributed by atoms with Crippen molar-refractivity contribution in [3.05, 3.63) is 17.1 Å². The SMILES string of the molecule is CC1(NC(=O)c2sc3nnccc3c2N)CCOC1. The summed E-state index contributed by atoms with van der Waals surface area (Å²) >= 11 is 1.26. The van der Waals surface area contributed by atoms with E-state index in [-0.39, 0.29) is 11.4 Å². The van der Waals surface area contributed by atoms with E-state index in [4.69, 9.17) is 10.5 Å². The van der Waals surface area contributed by atoms with Gasteiger partial charge in [0.2, 0.25) is 0 Å². The Morgan fingerprint density at radius 3 is 3.16 bits per heavy atom. The van der Waals surface area contributed by atoms with E-state index in [1.165, 1.54) is 11.3 Å². The number of hydrogen-bond acceptors (Lipinski definition) is 6. The number of nitrogens with two attached hydrogens (primary N) is 1. The van der Waals surface area contributed by atoms with E-state index < -0.39 is 0 Å². The third kappa shape index (κ3) is 2.15. The highest BCUT2D eigenvalue weighted by Crippen LogP contribution is 2.32. The van der Waals surface area contributed by atoms with Gasteiger partial charge in [-0.25, -0.2) is 0 Å².